The first-order chi connectivity index (χ1) is 6.06. The normalized spacial score (nSPS) is 10.2. The van der Waals surface area contributed by atoms with E-state index < -0.39 is 0 Å². The minimum Gasteiger partial charge on any atom is -0.293 e. The van der Waals surface area contributed by atoms with Crippen molar-refractivity contribution in [2.24, 2.45) is 0 Å². The molecule has 1 aromatic rings. The summed E-state index contributed by atoms with van der Waals surface area (Å²) in [6.07, 6.45) is 0. The Balaban J connectivity index is 3.28. The Bertz CT molecular complexity index is 350. The maximum absolute atomic E-state index is 11.3. The molecule has 13 heavy (non-hydrogen) atoms. The molecule has 0 saturated carbocycles. The molecule has 0 spiro atoms. The van der Waals surface area contributed by atoms with Crippen LogP contribution in [-0.2, 0) is 0 Å². The smallest absolute Gasteiger partial charge is 0.178 e. The molecule has 0 unspecified atom stereocenters. The summed E-state index contributed by atoms with van der Waals surface area (Å²) in [5.74, 6) is -0.0906. The van der Waals surface area contributed by atoms with Crippen molar-refractivity contribution in [2.45, 2.75) is 6.92 Å². The van der Waals surface area contributed by atoms with Gasteiger partial charge in [0.2, 0.25) is 0 Å². The van der Waals surface area contributed by atoms with E-state index in [-0.39, 0.29) is 11.7 Å². The molecule has 0 aliphatic heterocycles. The minimum atomic E-state index is -0.0864. The first kappa shape index (κ1) is 11.3. The quantitative estimate of drug-likeness (QED) is 0.460. The summed E-state index contributed by atoms with van der Waals surface area (Å²) in [6, 6.07) is 3.63. The topological polar surface area (TPSA) is 17.1 Å². The molecule has 70 valence electrons. The lowest BCUT2D eigenvalue weighted by Crippen LogP contribution is -2.03. The summed E-state index contributed by atoms with van der Waals surface area (Å²) in [4.78, 5) is 11.3. The summed E-state index contributed by atoms with van der Waals surface area (Å²) < 4.78 is 0.774. The second-order valence-corrected chi connectivity index (χ2v) is 4.42. The van der Waals surface area contributed by atoms with E-state index in [9.17, 15) is 4.79 Å². The number of alkyl halides is 1. The fraction of sp³-hybridized carbons (Fsp3) is 0.222. The van der Waals surface area contributed by atoms with Crippen LogP contribution in [0.5, 0.6) is 0 Å². The zero-order valence-electron chi connectivity index (χ0n) is 6.90. The average Bonchev–Trinajstić information content (AvgIpc) is 2.10. The van der Waals surface area contributed by atoms with Crippen LogP contribution >= 0.6 is 45.8 Å². The highest BCUT2D eigenvalue weighted by Gasteiger charge is 2.11. The fourth-order valence-electron chi connectivity index (χ4n) is 0.999. The number of aryl methyl sites for hydroxylation is 1. The van der Waals surface area contributed by atoms with Gasteiger partial charge in [0.1, 0.15) is 0 Å². The highest BCUT2D eigenvalue weighted by Crippen LogP contribution is 2.24. The van der Waals surface area contributed by atoms with Crippen LogP contribution in [0.15, 0.2) is 12.1 Å². The Morgan fingerprint density at radius 3 is 2.69 bits per heavy atom. The van der Waals surface area contributed by atoms with E-state index in [1.807, 2.05) is 35.6 Å². The number of carbonyl (C=O) groups excluding carboxylic acids is 1. The summed E-state index contributed by atoms with van der Waals surface area (Å²) >= 11 is 13.4. The van der Waals surface area contributed by atoms with Crippen molar-refractivity contribution in [1.82, 2.24) is 0 Å². The molecule has 0 bridgehead atoms. The van der Waals surface area contributed by atoms with Gasteiger partial charge in [-0.2, -0.15) is 0 Å². The predicted molar refractivity (Wildman–Crippen MR) is 64.0 cm³/mol. The molecule has 0 saturated heterocycles. The predicted octanol–water partition coefficient (Wildman–Crippen LogP) is 3.67. The minimum absolute atomic E-state index is 0.00418. The van der Waals surface area contributed by atoms with Crippen molar-refractivity contribution in [1.29, 1.82) is 0 Å². The number of benzene rings is 1. The van der Waals surface area contributed by atoms with Gasteiger partial charge in [-0.05, 0) is 47.2 Å². The van der Waals surface area contributed by atoms with Gasteiger partial charge in [0.25, 0.3) is 0 Å². The molecule has 0 radical (unpaired) electrons. The van der Waals surface area contributed by atoms with Crippen LogP contribution in [0, 0.1) is 10.5 Å². The van der Waals surface area contributed by atoms with Crippen molar-refractivity contribution in [3.05, 3.63) is 31.9 Å². The van der Waals surface area contributed by atoms with Crippen LogP contribution in [0.2, 0.25) is 5.02 Å². The Labute approximate surface area is 101 Å². The summed E-state index contributed by atoms with van der Waals surface area (Å²) in [7, 11) is 0. The van der Waals surface area contributed by atoms with Gasteiger partial charge in [0.15, 0.2) is 5.78 Å². The average molecular weight is 329 g/mol. The molecule has 0 atom stereocenters. The second kappa shape index (κ2) is 4.62. The highest BCUT2D eigenvalue weighted by molar-refractivity contribution is 14.1. The van der Waals surface area contributed by atoms with Crippen LogP contribution in [-0.4, -0.2) is 11.7 Å². The Morgan fingerprint density at radius 1 is 1.54 bits per heavy atom. The SMILES string of the molecule is Cc1cc(Cl)c(I)c(C(=O)CCl)c1. The number of halogens is 3. The molecule has 0 N–H and O–H groups in total. The maximum Gasteiger partial charge on any atom is 0.178 e. The van der Waals surface area contributed by atoms with Crippen molar-refractivity contribution in [2.75, 3.05) is 5.88 Å². The zero-order chi connectivity index (χ0) is 10.0. The van der Waals surface area contributed by atoms with Gasteiger partial charge < -0.3 is 0 Å². The summed E-state index contributed by atoms with van der Waals surface area (Å²) in [5, 5.41) is 0.606. The zero-order valence-corrected chi connectivity index (χ0v) is 10.6. The molecule has 0 heterocycles. The number of Topliss-reactive ketones (excluding diaryl/α,β-unsaturated/α-hetero) is 1. The number of ketones is 1. The van der Waals surface area contributed by atoms with Crippen molar-refractivity contribution >= 4 is 51.6 Å². The van der Waals surface area contributed by atoms with Gasteiger partial charge in [-0.15, -0.1) is 11.6 Å². The third kappa shape index (κ3) is 2.58. The number of hydrogen-bond donors (Lipinski definition) is 0. The molecular weight excluding hydrogens is 322 g/mol. The summed E-state index contributed by atoms with van der Waals surface area (Å²) in [5.41, 5.74) is 1.58. The van der Waals surface area contributed by atoms with Gasteiger partial charge in [-0.3, -0.25) is 4.79 Å². The molecule has 0 aliphatic carbocycles. The van der Waals surface area contributed by atoms with Crippen LogP contribution in [0.3, 0.4) is 0 Å². The molecular formula is C9H7Cl2IO. The highest BCUT2D eigenvalue weighted by atomic mass is 127. The molecule has 0 aromatic heterocycles. The van der Waals surface area contributed by atoms with Gasteiger partial charge in [0.05, 0.1) is 10.9 Å². The van der Waals surface area contributed by atoms with Crippen molar-refractivity contribution < 1.29 is 4.79 Å². The molecule has 4 heteroatoms. The molecule has 1 nitrogen and oxygen atoms in total. The van der Waals surface area contributed by atoms with E-state index in [1.165, 1.54) is 0 Å². The van der Waals surface area contributed by atoms with Crippen LogP contribution in [0.25, 0.3) is 0 Å². The number of hydrogen-bond acceptors (Lipinski definition) is 1. The van der Waals surface area contributed by atoms with E-state index in [0.717, 1.165) is 9.13 Å². The first-order valence-corrected chi connectivity index (χ1v) is 5.60. The standard InChI is InChI=1S/C9H7Cl2IO/c1-5-2-6(8(13)4-10)9(12)7(11)3-5/h2-3H,4H2,1H3. The summed E-state index contributed by atoms with van der Waals surface area (Å²) in [6.45, 7) is 1.90. The van der Waals surface area contributed by atoms with E-state index in [4.69, 9.17) is 23.2 Å². The Hall–Kier alpha value is 0.200. The van der Waals surface area contributed by atoms with Crippen molar-refractivity contribution in [3.63, 3.8) is 0 Å². The third-order valence-electron chi connectivity index (χ3n) is 1.59. The van der Waals surface area contributed by atoms with Crippen LogP contribution < -0.4 is 0 Å². The lowest BCUT2D eigenvalue weighted by Gasteiger charge is -2.04. The monoisotopic (exact) mass is 328 g/mol. The van der Waals surface area contributed by atoms with E-state index in [2.05, 4.69) is 0 Å². The maximum atomic E-state index is 11.3. The fourth-order valence-corrected chi connectivity index (χ4v) is 2.03. The lowest BCUT2D eigenvalue weighted by molar-refractivity contribution is 0.102. The first-order valence-electron chi connectivity index (χ1n) is 3.61. The lowest BCUT2D eigenvalue weighted by atomic mass is 10.1. The van der Waals surface area contributed by atoms with Crippen LogP contribution in [0.4, 0.5) is 0 Å². The molecule has 0 amide bonds. The largest absolute Gasteiger partial charge is 0.293 e. The van der Waals surface area contributed by atoms with Gasteiger partial charge in [-0.25, -0.2) is 0 Å². The Morgan fingerprint density at radius 2 is 2.15 bits per heavy atom. The molecule has 1 aromatic carbocycles. The number of rotatable bonds is 2. The molecule has 0 fully saturated rings. The van der Waals surface area contributed by atoms with Gasteiger partial charge >= 0.3 is 0 Å². The van der Waals surface area contributed by atoms with Gasteiger partial charge in [-0.1, -0.05) is 11.6 Å². The van der Waals surface area contributed by atoms with E-state index in [1.54, 1.807) is 6.07 Å². The van der Waals surface area contributed by atoms with E-state index >= 15 is 0 Å². The molecule has 0 aliphatic rings. The second-order valence-electron chi connectivity index (χ2n) is 2.67. The molecule has 1 rings (SSSR count). The van der Waals surface area contributed by atoms with E-state index in [0.29, 0.717) is 10.6 Å². The van der Waals surface area contributed by atoms with Crippen LogP contribution in [0.1, 0.15) is 15.9 Å². The van der Waals surface area contributed by atoms with Gasteiger partial charge in [0, 0.05) is 9.13 Å². The van der Waals surface area contributed by atoms with Crippen molar-refractivity contribution in [3.8, 4) is 0 Å². The Kier molecular flexibility index (Phi) is 4.01. The number of carbonyl (C=O) groups is 1. The third-order valence-corrected chi connectivity index (χ3v) is 3.62.